The van der Waals surface area contributed by atoms with Crippen molar-refractivity contribution in [1.82, 2.24) is 0 Å². The molecule has 0 aliphatic carbocycles. The van der Waals surface area contributed by atoms with Crippen LogP contribution in [0.4, 0.5) is 0 Å². The van der Waals surface area contributed by atoms with Gasteiger partial charge < -0.3 is 15.2 Å². The highest BCUT2D eigenvalue weighted by Crippen LogP contribution is 2.11. The third-order valence-corrected chi connectivity index (χ3v) is 4.67. The van der Waals surface area contributed by atoms with Crippen molar-refractivity contribution in [3.8, 4) is 0 Å². The van der Waals surface area contributed by atoms with Gasteiger partial charge in [-0.25, -0.2) is 4.79 Å². The van der Waals surface area contributed by atoms with Crippen LogP contribution in [0.25, 0.3) is 0 Å². The first kappa shape index (κ1) is 26.6. The number of esters is 3. The van der Waals surface area contributed by atoms with E-state index in [1.54, 1.807) is 0 Å². The largest absolute Gasteiger partial charge is 0.466 e. The SMILES string of the molecule is CCCCCCCCCCCC(=O)OC(=O)[C@@H](N)CCC(=O)OCCCCC. The van der Waals surface area contributed by atoms with Gasteiger partial charge >= 0.3 is 17.9 Å². The fourth-order valence-corrected chi connectivity index (χ4v) is 2.82. The van der Waals surface area contributed by atoms with Gasteiger partial charge in [0.1, 0.15) is 6.04 Å². The van der Waals surface area contributed by atoms with E-state index in [0.29, 0.717) is 6.61 Å². The fourth-order valence-electron chi connectivity index (χ4n) is 2.82. The molecule has 0 aromatic rings. The first-order valence-electron chi connectivity index (χ1n) is 11.2. The van der Waals surface area contributed by atoms with Gasteiger partial charge in [0.25, 0.3) is 0 Å². The molecule has 0 aromatic carbocycles. The molecule has 0 aromatic heterocycles. The average Bonchev–Trinajstić information content (AvgIpc) is 2.68. The van der Waals surface area contributed by atoms with E-state index < -0.39 is 18.0 Å². The van der Waals surface area contributed by atoms with Gasteiger partial charge in [-0.05, 0) is 19.3 Å². The lowest BCUT2D eigenvalue weighted by Crippen LogP contribution is -2.34. The minimum atomic E-state index is -0.977. The van der Waals surface area contributed by atoms with Crippen molar-refractivity contribution < 1.29 is 23.9 Å². The molecule has 0 heterocycles. The van der Waals surface area contributed by atoms with Gasteiger partial charge in [-0.3, -0.25) is 9.59 Å². The number of rotatable bonds is 18. The number of nitrogens with two attached hydrogens (primary N) is 1. The second-order valence-electron chi connectivity index (χ2n) is 7.44. The molecule has 0 rings (SSSR count). The Morgan fingerprint density at radius 3 is 1.86 bits per heavy atom. The number of hydrogen-bond donors (Lipinski definition) is 1. The Hall–Kier alpha value is -1.43. The summed E-state index contributed by atoms with van der Waals surface area (Å²) in [6.07, 6.45) is 13.7. The normalized spacial score (nSPS) is 11.8. The summed E-state index contributed by atoms with van der Waals surface area (Å²) >= 11 is 0. The van der Waals surface area contributed by atoms with Crippen LogP contribution in [-0.2, 0) is 23.9 Å². The fraction of sp³-hybridized carbons (Fsp3) is 0.864. The molecule has 6 heteroatoms. The van der Waals surface area contributed by atoms with Gasteiger partial charge in [0.05, 0.1) is 6.61 Å². The van der Waals surface area contributed by atoms with Crippen molar-refractivity contribution in [2.75, 3.05) is 6.61 Å². The maximum atomic E-state index is 11.8. The molecule has 1 atom stereocenters. The third kappa shape index (κ3) is 16.7. The van der Waals surface area contributed by atoms with Gasteiger partial charge in [0, 0.05) is 12.8 Å². The number of carbonyl (C=O) groups is 3. The lowest BCUT2D eigenvalue weighted by Gasteiger charge is -2.10. The Morgan fingerprint density at radius 2 is 1.25 bits per heavy atom. The molecular weight excluding hydrogens is 358 g/mol. The highest BCUT2D eigenvalue weighted by Gasteiger charge is 2.20. The Kier molecular flexibility index (Phi) is 17.9. The molecule has 0 amide bonds. The van der Waals surface area contributed by atoms with E-state index in [2.05, 4.69) is 13.8 Å². The van der Waals surface area contributed by atoms with Crippen LogP contribution in [0, 0.1) is 0 Å². The van der Waals surface area contributed by atoms with E-state index in [0.717, 1.165) is 38.5 Å². The van der Waals surface area contributed by atoms with E-state index in [4.69, 9.17) is 15.2 Å². The Morgan fingerprint density at radius 1 is 0.714 bits per heavy atom. The molecule has 2 N–H and O–H groups in total. The van der Waals surface area contributed by atoms with E-state index in [1.165, 1.54) is 38.5 Å². The Labute approximate surface area is 170 Å². The monoisotopic (exact) mass is 399 g/mol. The summed E-state index contributed by atoms with van der Waals surface area (Å²) in [4.78, 5) is 35.1. The van der Waals surface area contributed by atoms with E-state index in [9.17, 15) is 14.4 Å². The standard InChI is InChI=1S/C22H41NO5/c1-3-5-7-8-9-10-11-12-13-15-21(25)28-22(26)19(23)16-17-20(24)27-18-14-6-4-2/h19H,3-18,23H2,1-2H3/t19-/m0/s1. The van der Waals surface area contributed by atoms with E-state index in [1.807, 2.05) is 0 Å². The van der Waals surface area contributed by atoms with Crippen molar-refractivity contribution in [3.05, 3.63) is 0 Å². The zero-order valence-electron chi connectivity index (χ0n) is 18.0. The van der Waals surface area contributed by atoms with Gasteiger partial charge in [0.15, 0.2) is 0 Å². The van der Waals surface area contributed by atoms with Crippen LogP contribution in [0.1, 0.15) is 110 Å². The summed E-state index contributed by atoms with van der Waals surface area (Å²) in [5.74, 6) is -1.68. The van der Waals surface area contributed by atoms with Gasteiger partial charge in [-0.15, -0.1) is 0 Å². The molecule has 0 spiro atoms. The Balaban J connectivity index is 3.67. The first-order chi connectivity index (χ1) is 13.5. The molecule has 0 aliphatic heterocycles. The third-order valence-electron chi connectivity index (χ3n) is 4.67. The maximum absolute atomic E-state index is 11.8. The number of unbranched alkanes of at least 4 members (excludes halogenated alkanes) is 10. The number of ether oxygens (including phenoxy) is 2. The smallest absolute Gasteiger partial charge is 0.330 e. The topological polar surface area (TPSA) is 95.7 Å². The van der Waals surface area contributed by atoms with Gasteiger partial charge in [0.2, 0.25) is 0 Å². The van der Waals surface area contributed by atoms with Crippen molar-refractivity contribution >= 4 is 17.9 Å². The van der Waals surface area contributed by atoms with Crippen LogP contribution >= 0.6 is 0 Å². The molecular formula is C22H41NO5. The lowest BCUT2D eigenvalue weighted by molar-refractivity contribution is -0.160. The quantitative estimate of drug-likeness (QED) is 0.202. The summed E-state index contributed by atoms with van der Waals surface area (Å²) in [6.45, 7) is 4.67. The molecule has 6 nitrogen and oxygen atoms in total. The molecule has 164 valence electrons. The van der Waals surface area contributed by atoms with Crippen molar-refractivity contribution in [2.24, 2.45) is 5.73 Å². The molecule has 0 radical (unpaired) electrons. The minimum Gasteiger partial charge on any atom is -0.466 e. The molecule has 0 aliphatic rings. The second kappa shape index (κ2) is 18.9. The predicted molar refractivity (Wildman–Crippen MR) is 111 cm³/mol. The molecule has 28 heavy (non-hydrogen) atoms. The Bertz CT molecular complexity index is 425. The predicted octanol–water partition coefficient (Wildman–Crippen LogP) is 4.82. The summed E-state index contributed by atoms with van der Waals surface area (Å²) in [7, 11) is 0. The molecule has 0 saturated heterocycles. The van der Waals surface area contributed by atoms with Gasteiger partial charge in [-0.2, -0.15) is 0 Å². The average molecular weight is 400 g/mol. The first-order valence-corrected chi connectivity index (χ1v) is 11.2. The molecule has 0 bridgehead atoms. The van der Waals surface area contributed by atoms with Gasteiger partial charge in [-0.1, -0.05) is 78.1 Å². The molecule has 0 fully saturated rings. The number of carbonyl (C=O) groups excluding carboxylic acids is 3. The lowest BCUT2D eigenvalue weighted by atomic mass is 10.1. The maximum Gasteiger partial charge on any atom is 0.330 e. The molecule has 0 unspecified atom stereocenters. The summed E-state index contributed by atoms with van der Waals surface area (Å²) in [6, 6.07) is -0.977. The highest BCUT2D eigenvalue weighted by molar-refractivity contribution is 5.88. The van der Waals surface area contributed by atoms with Crippen LogP contribution in [-0.4, -0.2) is 30.6 Å². The molecule has 0 saturated carbocycles. The summed E-state index contributed by atoms with van der Waals surface area (Å²) < 4.78 is 9.83. The van der Waals surface area contributed by atoms with Crippen molar-refractivity contribution in [2.45, 2.75) is 116 Å². The van der Waals surface area contributed by atoms with E-state index >= 15 is 0 Å². The van der Waals surface area contributed by atoms with Crippen LogP contribution in [0.5, 0.6) is 0 Å². The minimum absolute atomic E-state index is 0.0504. The number of hydrogen-bond acceptors (Lipinski definition) is 6. The second-order valence-corrected chi connectivity index (χ2v) is 7.44. The summed E-state index contributed by atoms with van der Waals surface area (Å²) in [5, 5.41) is 0. The highest BCUT2D eigenvalue weighted by atomic mass is 16.6. The van der Waals surface area contributed by atoms with Crippen LogP contribution < -0.4 is 5.73 Å². The van der Waals surface area contributed by atoms with Crippen LogP contribution in [0.2, 0.25) is 0 Å². The summed E-state index contributed by atoms with van der Waals surface area (Å²) in [5.41, 5.74) is 5.70. The zero-order valence-corrected chi connectivity index (χ0v) is 18.0. The van der Waals surface area contributed by atoms with Crippen molar-refractivity contribution in [1.29, 1.82) is 0 Å². The van der Waals surface area contributed by atoms with Crippen LogP contribution in [0.15, 0.2) is 0 Å². The zero-order chi connectivity index (χ0) is 21.0. The van der Waals surface area contributed by atoms with Crippen LogP contribution in [0.3, 0.4) is 0 Å². The van der Waals surface area contributed by atoms with Crippen molar-refractivity contribution in [3.63, 3.8) is 0 Å². The van der Waals surface area contributed by atoms with E-state index in [-0.39, 0.29) is 25.2 Å².